The van der Waals surface area contributed by atoms with Gasteiger partial charge in [-0.1, -0.05) is 80.2 Å². The molecule has 4 aromatic rings. The molecule has 0 N–H and O–H groups in total. The third-order valence-corrected chi connectivity index (χ3v) is 4.85. The Morgan fingerprint density at radius 1 is 0.714 bits per heavy atom. The summed E-state index contributed by atoms with van der Waals surface area (Å²) in [4.78, 5) is 0. The van der Waals surface area contributed by atoms with Gasteiger partial charge in [-0.05, 0) is 40.1 Å². The number of hydrogen-bond donors (Lipinski definition) is 0. The summed E-state index contributed by atoms with van der Waals surface area (Å²) in [7, 11) is 0. The molecule has 0 saturated heterocycles. The number of ether oxygens (including phenoxy) is 2. The lowest BCUT2D eigenvalue weighted by Crippen LogP contribution is -2.00. The van der Waals surface area contributed by atoms with Crippen LogP contribution in [0.25, 0.3) is 32.7 Å². The molecule has 4 aromatic carbocycles. The minimum atomic E-state index is 0.460. The van der Waals surface area contributed by atoms with Gasteiger partial charge in [0, 0.05) is 11.1 Å². The first-order chi connectivity index (χ1) is 13.8. The Kier molecular flexibility index (Phi) is 5.29. The van der Waals surface area contributed by atoms with Crippen molar-refractivity contribution in [3.63, 3.8) is 0 Å². The van der Waals surface area contributed by atoms with Crippen LogP contribution in [0.3, 0.4) is 0 Å². The molecule has 0 spiro atoms. The van der Waals surface area contributed by atoms with Crippen molar-refractivity contribution in [3.05, 3.63) is 85.5 Å². The molecule has 0 fully saturated rings. The smallest absolute Gasteiger partial charge is 0.128 e. The monoisotopic (exact) mass is 368 g/mol. The second kappa shape index (κ2) is 8.18. The van der Waals surface area contributed by atoms with Crippen LogP contribution in [0.2, 0.25) is 0 Å². The van der Waals surface area contributed by atoms with Gasteiger partial charge in [-0.2, -0.15) is 0 Å². The Balaban J connectivity index is 2.08. The second-order valence-corrected chi connectivity index (χ2v) is 6.77. The van der Waals surface area contributed by atoms with E-state index in [1.807, 2.05) is 6.07 Å². The van der Waals surface area contributed by atoms with E-state index < -0.39 is 0 Å². The lowest BCUT2D eigenvalue weighted by Gasteiger charge is -2.19. The average Bonchev–Trinajstić information content (AvgIpc) is 2.75. The van der Waals surface area contributed by atoms with Gasteiger partial charge in [-0.25, -0.2) is 0 Å². The van der Waals surface area contributed by atoms with Gasteiger partial charge in [0.15, 0.2) is 0 Å². The van der Waals surface area contributed by atoms with Crippen molar-refractivity contribution in [2.24, 2.45) is 0 Å². The van der Waals surface area contributed by atoms with Crippen LogP contribution in [0.1, 0.15) is 13.3 Å². The van der Waals surface area contributed by atoms with Crippen LogP contribution in [0.5, 0.6) is 11.5 Å². The van der Waals surface area contributed by atoms with Gasteiger partial charge in [-0.15, -0.1) is 0 Å². The number of fused-ring (bicyclic) bond motifs is 2. The van der Waals surface area contributed by atoms with Crippen LogP contribution in [-0.2, 0) is 0 Å². The van der Waals surface area contributed by atoms with E-state index in [-0.39, 0.29) is 0 Å². The summed E-state index contributed by atoms with van der Waals surface area (Å²) < 4.78 is 12.3. The summed E-state index contributed by atoms with van der Waals surface area (Å²) in [5.74, 6) is 1.73. The molecule has 0 amide bonds. The van der Waals surface area contributed by atoms with E-state index in [9.17, 15) is 0 Å². The van der Waals surface area contributed by atoms with Crippen molar-refractivity contribution in [3.8, 4) is 22.6 Å². The van der Waals surface area contributed by atoms with Crippen molar-refractivity contribution >= 4 is 21.5 Å². The molecule has 0 bridgehead atoms. The molecule has 0 heterocycles. The normalized spacial score (nSPS) is 10.9. The largest absolute Gasteiger partial charge is 0.493 e. The predicted octanol–water partition coefficient (Wildman–Crippen LogP) is 7.01. The van der Waals surface area contributed by atoms with E-state index in [1.165, 1.54) is 10.8 Å². The van der Waals surface area contributed by atoms with Crippen molar-refractivity contribution in [1.82, 2.24) is 0 Å². The molecule has 4 rings (SSSR count). The van der Waals surface area contributed by atoms with Gasteiger partial charge in [0.25, 0.3) is 0 Å². The molecule has 0 aliphatic heterocycles. The summed E-state index contributed by atoms with van der Waals surface area (Å²) in [5.41, 5.74) is 2.16. The van der Waals surface area contributed by atoms with Crippen molar-refractivity contribution < 1.29 is 9.47 Å². The first-order valence-corrected chi connectivity index (χ1v) is 9.74. The van der Waals surface area contributed by atoms with Gasteiger partial charge in [0.1, 0.15) is 18.1 Å². The molecule has 0 atom stereocenters. The standard InChI is InChI=1S/C26H24O2/c1-3-17-27-23-15-13-19-9-5-7-11-21(19)25(23)26-22-12-8-6-10-20(22)14-16-24(26)28-18-4-2/h3,5-16H,1,4,17-18H2,2H3. The fourth-order valence-electron chi connectivity index (χ4n) is 3.62. The molecule has 2 nitrogen and oxygen atoms in total. The molecule has 0 saturated carbocycles. The highest BCUT2D eigenvalue weighted by Gasteiger charge is 2.18. The van der Waals surface area contributed by atoms with Gasteiger partial charge < -0.3 is 9.47 Å². The van der Waals surface area contributed by atoms with E-state index >= 15 is 0 Å². The van der Waals surface area contributed by atoms with Gasteiger partial charge in [0.05, 0.1) is 6.61 Å². The van der Waals surface area contributed by atoms with Crippen LogP contribution < -0.4 is 9.47 Å². The highest BCUT2D eigenvalue weighted by Crippen LogP contribution is 2.45. The highest BCUT2D eigenvalue weighted by molar-refractivity contribution is 6.09. The van der Waals surface area contributed by atoms with E-state index in [0.29, 0.717) is 13.2 Å². The molecular formula is C26H24O2. The fraction of sp³-hybridized carbons (Fsp3) is 0.154. The first-order valence-electron chi connectivity index (χ1n) is 9.74. The third-order valence-electron chi connectivity index (χ3n) is 4.85. The zero-order valence-corrected chi connectivity index (χ0v) is 16.2. The summed E-state index contributed by atoms with van der Waals surface area (Å²) >= 11 is 0. The lowest BCUT2D eigenvalue weighted by atomic mass is 9.92. The van der Waals surface area contributed by atoms with Crippen LogP contribution in [-0.4, -0.2) is 13.2 Å². The minimum absolute atomic E-state index is 0.460. The highest BCUT2D eigenvalue weighted by atomic mass is 16.5. The van der Waals surface area contributed by atoms with Crippen LogP contribution in [0.15, 0.2) is 85.5 Å². The van der Waals surface area contributed by atoms with Crippen molar-refractivity contribution in [2.45, 2.75) is 13.3 Å². The van der Waals surface area contributed by atoms with E-state index in [4.69, 9.17) is 9.47 Å². The maximum Gasteiger partial charge on any atom is 0.128 e. The lowest BCUT2D eigenvalue weighted by molar-refractivity contribution is 0.318. The maximum absolute atomic E-state index is 6.18. The van der Waals surface area contributed by atoms with Crippen LogP contribution in [0, 0.1) is 0 Å². The summed E-state index contributed by atoms with van der Waals surface area (Å²) in [5, 5.41) is 4.68. The molecule has 28 heavy (non-hydrogen) atoms. The van der Waals surface area contributed by atoms with Crippen molar-refractivity contribution in [2.75, 3.05) is 13.2 Å². The van der Waals surface area contributed by atoms with Gasteiger partial charge in [-0.3, -0.25) is 0 Å². The summed E-state index contributed by atoms with van der Waals surface area (Å²) in [6.45, 7) is 7.06. The number of benzene rings is 4. The average molecular weight is 368 g/mol. The zero-order valence-electron chi connectivity index (χ0n) is 16.2. The van der Waals surface area contributed by atoms with E-state index in [1.54, 1.807) is 6.08 Å². The second-order valence-electron chi connectivity index (χ2n) is 6.77. The molecule has 140 valence electrons. The summed E-state index contributed by atoms with van der Waals surface area (Å²) in [6, 6.07) is 25.2. The molecule has 0 unspecified atom stereocenters. The van der Waals surface area contributed by atoms with Gasteiger partial charge in [0.2, 0.25) is 0 Å². The number of hydrogen-bond acceptors (Lipinski definition) is 2. The predicted molar refractivity (Wildman–Crippen MR) is 118 cm³/mol. The van der Waals surface area contributed by atoms with Crippen LogP contribution >= 0.6 is 0 Å². The summed E-state index contributed by atoms with van der Waals surface area (Å²) in [6.07, 6.45) is 2.73. The Morgan fingerprint density at radius 3 is 1.79 bits per heavy atom. The Labute approximate surface area is 166 Å². The fourth-order valence-corrected chi connectivity index (χ4v) is 3.62. The zero-order chi connectivity index (χ0) is 19.3. The molecule has 0 radical (unpaired) electrons. The minimum Gasteiger partial charge on any atom is -0.493 e. The topological polar surface area (TPSA) is 18.5 Å². The van der Waals surface area contributed by atoms with Crippen LogP contribution in [0.4, 0.5) is 0 Å². The Hall–Kier alpha value is -3.26. The maximum atomic E-state index is 6.18. The quantitative estimate of drug-likeness (QED) is 0.327. The SMILES string of the molecule is C=CCOc1ccc2ccccc2c1-c1c(OCCC)ccc2ccccc12. The molecular weight excluding hydrogens is 344 g/mol. The number of rotatable bonds is 7. The first kappa shape index (κ1) is 18.1. The van der Waals surface area contributed by atoms with Crippen molar-refractivity contribution in [1.29, 1.82) is 0 Å². The van der Waals surface area contributed by atoms with Gasteiger partial charge >= 0.3 is 0 Å². The molecule has 0 aliphatic rings. The third kappa shape index (κ3) is 3.34. The van der Waals surface area contributed by atoms with E-state index in [2.05, 4.69) is 80.2 Å². The molecule has 0 aromatic heterocycles. The molecule has 2 heteroatoms. The Bertz CT molecular complexity index is 1130. The Morgan fingerprint density at radius 2 is 1.25 bits per heavy atom. The van der Waals surface area contributed by atoms with E-state index in [0.717, 1.165) is 39.8 Å². The molecule has 0 aliphatic carbocycles.